The Morgan fingerprint density at radius 1 is 1.27 bits per heavy atom. The molecule has 15 heavy (non-hydrogen) atoms. The van der Waals surface area contributed by atoms with Gasteiger partial charge in [-0.15, -0.1) is 0 Å². The van der Waals surface area contributed by atoms with E-state index in [9.17, 15) is 0 Å². The second-order valence-corrected chi connectivity index (χ2v) is 5.39. The Kier molecular flexibility index (Phi) is 4.04. The van der Waals surface area contributed by atoms with Gasteiger partial charge in [0.25, 0.3) is 0 Å². The van der Waals surface area contributed by atoms with Crippen LogP contribution >= 0.6 is 0 Å². The van der Waals surface area contributed by atoms with Gasteiger partial charge in [0.2, 0.25) is 0 Å². The fraction of sp³-hybridized carbons (Fsp3) is 1.00. The van der Waals surface area contributed by atoms with E-state index in [0.29, 0.717) is 6.10 Å². The summed E-state index contributed by atoms with van der Waals surface area (Å²) < 4.78 is 5.71. The molecule has 1 heterocycles. The molecule has 1 aliphatic carbocycles. The number of hydrogen-bond acceptors (Lipinski definition) is 2. The normalized spacial score (nSPS) is 41.2. The Bertz CT molecular complexity index is 195. The van der Waals surface area contributed by atoms with Crippen molar-refractivity contribution < 1.29 is 4.74 Å². The van der Waals surface area contributed by atoms with Crippen LogP contribution in [0, 0.1) is 11.8 Å². The van der Waals surface area contributed by atoms with Crippen LogP contribution in [0.2, 0.25) is 0 Å². The lowest BCUT2D eigenvalue weighted by Gasteiger charge is -2.20. The quantitative estimate of drug-likeness (QED) is 0.771. The fourth-order valence-electron chi connectivity index (χ4n) is 3.09. The van der Waals surface area contributed by atoms with Crippen molar-refractivity contribution in [2.24, 2.45) is 11.8 Å². The maximum atomic E-state index is 5.71. The highest BCUT2D eigenvalue weighted by molar-refractivity contribution is 4.82. The fourth-order valence-corrected chi connectivity index (χ4v) is 3.09. The summed E-state index contributed by atoms with van der Waals surface area (Å²) in [5.41, 5.74) is 0. The Labute approximate surface area is 93.8 Å². The van der Waals surface area contributed by atoms with Crippen molar-refractivity contribution in [2.45, 2.75) is 58.1 Å². The zero-order valence-electron chi connectivity index (χ0n) is 10.2. The van der Waals surface area contributed by atoms with Gasteiger partial charge in [-0.05, 0) is 43.9 Å². The van der Waals surface area contributed by atoms with Gasteiger partial charge in [0, 0.05) is 19.2 Å². The minimum Gasteiger partial charge on any atom is -0.378 e. The molecule has 0 aromatic carbocycles. The predicted molar refractivity (Wildman–Crippen MR) is 62.9 cm³/mol. The summed E-state index contributed by atoms with van der Waals surface area (Å²) in [6, 6.07) is 0.790. The summed E-state index contributed by atoms with van der Waals surface area (Å²) in [5.74, 6) is 1.70. The summed E-state index contributed by atoms with van der Waals surface area (Å²) in [6.45, 7) is 6.76. The highest BCUT2D eigenvalue weighted by atomic mass is 16.5. The van der Waals surface area contributed by atoms with Crippen LogP contribution in [-0.2, 0) is 4.74 Å². The number of hydrogen-bond donors (Lipinski definition) is 1. The molecule has 1 N–H and O–H groups in total. The summed E-state index contributed by atoms with van der Waals surface area (Å²) in [6.07, 6.45) is 7.13. The van der Waals surface area contributed by atoms with E-state index in [-0.39, 0.29) is 0 Å². The van der Waals surface area contributed by atoms with E-state index in [1.54, 1.807) is 0 Å². The average Bonchev–Trinajstić information content (AvgIpc) is 2.83. The molecule has 0 spiro atoms. The molecule has 0 bridgehead atoms. The van der Waals surface area contributed by atoms with E-state index in [2.05, 4.69) is 19.2 Å². The highest BCUT2D eigenvalue weighted by Gasteiger charge is 2.28. The van der Waals surface area contributed by atoms with Gasteiger partial charge in [0.15, 0.2) is 0 Å². The zero-order valence-corrected chi connectivity index (χ0v) is 10.2. The molecule has 0 radical (unpaired) electrons. The third kappa shape index (κ3) is 2.94. The molecule has 2 rings (SSSR count). The first-order valence-electron chi connectivity index (χ1n) is 6.64. The summed E-state index contributed by atoms with van der Waals surface area (Å²) in [7, 11) is 0. The smallest absolute Gasteiger partial charge is 0.0613 e. The number of nitrogens with one attached hydrogen (secondary N) is 1. The maximum Gasteiger partial charge on any atom is 0.0613 e. The first-order valence-corrected chi connectivity index (χ1v) is 6.64. The van der Waals surface area contributed by atoms with Crippen LogP contribution in [0.15, 0.2) is 0 Å². The lowest BCUT2D eigenvalue weighted by atomic mass is 9.99. The second-order valence-electron chi connectivity index (χ2n) is 5.39. The topological polar surface area (TPSA) is 21.3 Å². The molecule has 2 aliphatic rings. The molecular weight excluding hydrogens is 186 g/mol. The molecular formula is C13H25NO. The lowest BCUT2D eigenvalue weighted by molar-refractivity contribution is 0.0866. The average molecular weight is 211 g/mol. The van der Waals surface area contributed by atoms with Crippen molar-refractivity contribution in [3.8, 4) is 0 Å². The molecule has 1 aliphatic heterocycles. The number of rotatable bonds is 4. The minimum absolute atomic E-state index is 0.524. The van der Waals surface area contributed by atoms with E-state index < -0.39 is 0 Å². The third-order valence-electron chi connectivity index (χ3n) is 4.11. The van der Waals surface area contributed by atoms with Crippen LogP contribution in [0.1, 0.15) is 46.0 Å². The molecule has 2 nitrogen and oxygen atoms in total. The Morgan fingerprint density at radius 3 is 2.80 bits per heavy atom. The van der Waals surface area contributed by atoms with Crippen molar-refractivity contribution in [3.63, 3.8) is 0 Å². The maximum absolute atomic E-state index is 5.71. The van der Waals surface area contributed by atoms with Gasteiger partial charge < -0.3 is 10.1 Å². The molecule has 0 amide bonds. The van der Waals surface area contributed by atoms with Crippen molar-refractivity contribution >= 4 is 0 Å². The van der Waals surface area contributed by atoms with E-state index >= 15 is 0 Å². The van der Waals surface area contributed by atoms with Gasteiger partial charge in [0.05, 0.1) is 6.10 Å². The minimum atomic E-state index is 0.524. The van der Waals surface area contributed by atoms with Gasteiger partial charge in [-0.3, -0.25) is 0 Å². The largest absolute Gasteiger partial charge is 0.378 e. The molecule has 2 heteroatoms. The second kappa shape index (κ2) is 5.31. The first-order chi connectivity index (χ1) is 7.29. The van der Waals surface area contributed by atoms with Crippen LogP contribution in [0.25, 0.3) is 0 Å². The van der Waals surface area contributed by atoms with E-state index in [0.717, 1.165) is 24.5 Å². The Hall–Kier alpha value is -0.0800. The molecule has 1 saturated carbocycles. The molecule has 88 valence electrons. The lowest BCUT2D eigenvalue weighted by Crippen LogP contribution is -2.34. The van der Waals surface area contributed by atoms with Gasteiger partial charge in [-0.25, -0.2) is 0 Å². The van der Waals surface area contributed by atoms with Crippen molar-refractivity contribution in [3.05, 3.63) is 0 Å². The van der Waals surface area contributed by atoms with E-state index in [4.69, 9.17) is 4.74 Å². The van der Waals surface area contributed by atoms with E-state index in [1.165, 1.54) is 38.6 Å². The third-order valence-corrected chi connectivity index (χ3v) is 4.11. The van der Waals surface area contributed by atoms with Gasteiger partial charge in [-0.2, -0.15) is 0 Å². The van der Waals surface area contributed by atoms with Crippen molar-refractivity contribution in [1.82, 2.24) is 5.32 Å². The standard InChI is InChI=1S/C13H25NO/c1-3-13-11(6-7-15-13)9-14-12-5-4-10(2)8-12/h10-14H,3-9H2,1-2H3. The van der Waals surface area contributed by atoms with Crippen LogP contribution in [0.4, 0.5) is 0 Å². The molecule has 2 fully saturated rings. The van der Waals surface area contributed by atoms with Crippen LogP contribution < -0.4 is 5.32 Å². The molecule has 0 aromatic heterocycles. The highest BCUT2D eigenvalue weighted by Crippen LogP contribution is 2.26. The van der Waals surface area contributed by atoms with Crippen LogP contribution in [0.3, 0.4) is 0 Å². The van der Waals surface area contributed by atoms with Crippen LogP contribution in [0.5, 0.6) is 0 Å². The summed E-state index contributed by atoms with van der Waals surface area (Å²) in [4.78, 5) is 0. The molecule has 4 atom stereocenters. The van der Waals surface area contributed by atoms with Crippen molar-refractivity contribution in [1.29, 1.82) is 0 Å². The summed E-state index contributed by atoms with van der Waals surface area (Å²) in [5, 5.41) is 3.74. The van der Waals surface area contributed by atoms with Crippen LogP contribution in [-0.4, -0.2) is 25.3 Å². The number of ether oxygens (including phenoxy) is 1. The zero-order chi connectivity index (χ0) is 10.7. The monoisotopic (exact) mass is 211 g/mol. The predicted octanol–water partition coefficient (Wildman–Crippen LogP) is 2.58. The molecule has 0 aromatic rings. The SMILES string of the molecule is CCC1OCCC1CNC1CCC(C)C1. The Balaban J connectivity index is 1.68. The van der Waals surface area contributed by atoms with Gasteiger partial charge in [-0.1, -0.05) is 13.8 Å². The first kappa shape index (κ1) is 11.4. The molecule has 4 unspecified atom stereocenters. The summed E-state index contributed by atoms with van der Waals surface area (Å²) >= 11 is 0. The van der Waals surface area contributed by atoms with Gasteiger partial charge >= 0.3 is 0 Å². The molecule has 1 saturated heterocycles. The van der Waals surface area contributed by atoms with Crippen molar-refractivity contribution in [2.75, 3.05) is 13.2 Å². The van der Waals surface area contributed by atoms with Gasteiger partial charge in [0.1, 0.15) is 0 Å². The van der Waals surface area contributed by atoms with E-state index in [1.807, 2.05) is 0 Å². The Morgan fingerprint density at radius 2 is 2.13 bits per heavy atom.